The fraction of sp³-hybridized carbons (Fsp3) is 0.190. The van der Waals surface area contributed by atoms with Gasteiger partial charge in [0.15, 0.2) is 0 Å². The van der Waals surface area contributed by atoms with Crippen LogP contribution in [-0.2, 0) is 4.79 Å². The maximum atomic E-state index is 12.6. The summed E-state index contributed by atoms with van der Waals surface area (Å²) in [6.45, 7) is 0.700. The van der Waals surface area contributed by atoms with Gasteiger partial charge in [-0.3, -0.25) is 4.79 Å². The van der Waals surface area contributed by atoms with Gasteiger partial charge in [-0.25, -0.2) is 0 Å². The summed E-state index contributed by atoms with van der Waals surface area (Å²) in [6, 6.07) is 19.3. The summed E-state index contributed by atoms with van der Waals surface area (Å²) < 4.78 is 5.86. The average Bonchev–Trinajstić information content (AvgIpc) is 3.37. The molecule has 5 nitrogen and oxygen atoms in total. The van der Waals surface area contributed by atoms with E-state index in [0.29, 0.717) is 18.3 Å². The van der Waals surface area contributed by atoms with Crippen molar-refractivity contribution >= 4 is 12.0 Å². The minimum absolute atomic E-state index is 0.0317. The Balaban J connectivity index is 1.51. The van der Waals surface area contributed by atoms with Gasteiger partial charge in [0.2, 0.25) is 17.7 Å². The molecule has 2 aromatic carbocycles. The van der Waals surface area contributed by atoms with Crippen molar-refractivity contribution in [2.24, 2.45) is 0 Å². The summed E-state index contributed by atoms with van der Waals surface area (Å²) in [5.74, 6) is 0.957. The van der Waals surface area contributed by atoms with Crippen LogP contribution in [0.3, 0.4) is 0 Å². The molecule has 0 radical (unpaired) electrons. The van der Waals surface area contributed by atoms with Crippen molar-refractivity contribution in [2.75, 3.05) is 6.54 Å². The van der Waals surface area contributed by atoms with E-state index >= 15 is 0 Å². The van der Waals surface area contributed by atoms with Crippen LogP contribution < -0.4 is 0 Å². The van der Waals surface area contributed by atoms with Crippen LogP contribution in [0.15, 0.2) is 71.2 Å². The lowest BCUT2D eigenvalue weighted by Gasteiger charge is -2.20. The highest BCUT2D eigenvalue weighted by molar-refractivity contribution is 5.92. The third-order valence-electron chi connectivity index (χ3n) is 4.50. The van der Waals surface area contributed by atoms with E-state index in [9.17, 15) is 4.79 Å². The third kappa shape index (κ3) is 3.42. The van der Waals surface area contributed by atoms with Gasteiger partial charge >= 0.3 is 0 Å². The highest BCUT2D eigenvalue weighted by Crippen LogP contribution is 2.32. The monoisotopic (exact) mass is 345 g/mol. The number of hydrogen-bond donors (Lipinski definition) is 0. The van der Waals surface area contributed by atoms with Gasteiger partial charge in [-0.1, -0.05) is 48.5 Å². The SMILES string of the molecule is O=C(/C=C/c1ccccc1)N1CCCC1c1nnc(-c2ccccc2)o1. The number of aromatic nitrogens is 2. The molecule has 130 valence electrons. The minimum Gasteiger partial charge on any atom is -0.418 e. The number of amides is 1. The Labute approximate surface area is 152 Å². The van der Waals surface area contributed by atoms with E-state index < -0.39 is 0 Å². The Morgan fingerprint density at radius 1 is 1.04 bits per heavy atom. The van der Waals surface area contributed by atoms with Gasteiger partial charge < -0.3 is 9.32 Å². The van der Waals surface area contributed by atoms with E-state index in [1.54, 1.807) is 6.08 Å². The highest BCUT2D eigenvalue weighted by atomic mass is 16.4. The van der Waals surface area contributed by atoms with Crippen LogP contribution in [0.4, 0.5) is 0 Å². The fourth-order valence-corrected chi connectivity index (χ4v) is 3.18. The zero-order valence-electron chi connectivity index (χ0n) is 14.3. The molecule has 1 aliphatic heterocycles. The van der Waals surface area contributed by atoms with Gasteiger partial charge in [-0.05, 0) is 36.6 Å². The smallest absolute Gasteiger partial charge is 0.247 e. The van der Waals surface area contributed by atoms with Crippen molar-refractivity contribution in [3.8, 4) is 11.5 Å². The molecule has 1 amide bonds. The number of benzene rings is 2. The van der Waals surface area contributed by atoms with Crippen LogP contribution in [0.1, 0.15) is 30.3 Å². The van der Waals surface area contributed by atoms with E-state index in [1.807, 2.05) is 71.6 Å². The van der Waals surface area contributed by atoms with Crippen LogP contribution in [0, 0.1) is 0 Å². The Hall–Kier alpha value is -3.21. The summed E-state index contributed by atoms with van der Waals surface area (Å²) >= 11 is 0. The first-order valence-corrected chi connectivity index (χ1v) is 8.74. The molecule has 1 aliphatic rings. The van der Waals surface area contributed by atoms with Crippen molar-refractivity contribution in [2.45, 2.75) is 18.9 Å². The quantitative estimate of drug-likeness (QED) is 0.668. The number of carbonyl (C=O) groups is 1. The maximum Gasteiger partial charge on any atom is 0.247 e. The molecule has 0 saturated carbocycles. The second kappa shape index (κ2) is 7.35. The minimum atomic E-state index is -0.159. The summed E-state index contributed by atoms with van der Waals surface area (Å²) in [6.07, 6.45) is 5.21. The molecule has 0 bridgehead atoms. The van der Waals surface area contributed by atoms with Crippen molar-refractivity contribution < 1.29 is 9.21 Å². The van der Waals surface area contributed by atoms with E-state index in [-0.39, 0.29) is 11.9 Å². The first-order valence-electron chi connectivity index (χ1n) is 8.74. The molecule has 4 rings (SSSR count). The first kappa shape index (κ1) is 16.3. The van der Waals surface area contributed by atoms with Gasteiger partial charge in [-0.2, -0.15) is 0 Å². The lowest BCUT2D eigenvalue weighted by molar-refractivity contribution is -0.127. The summed E-state index contributed by atoms with van der Waals surface area (Å²) in [4.78, 5) is 14.4. The number of carbonyl (C=O) groups excluding carboxylic acids is 1. The molecule has 26 heavy (non-hydrogen) atoms. The zero-order valence-corrected chi connectivity index (χ0v) is 14.3. The van der Waals surface area contributed by atoms with Gasteiger partial charge in [0.25, 0.3) is 0 Å². The van der Waals surface area contributed by atoms with Crippen molar-refractivity contribution in [1.82, 2.24) is 15.1 Å². The Morgan fingerprint density at radius 3 is 2.54 bits per heavy atom. The molecule has 0 aliphatic carbocycles. The molecule has 1 unspecified atom stereocenters. The third-order valence-corrected chi connectivity index (χ3v) is 4.50. The second-order valence-corrected chi connectivity index (χ2v) is 6.25. The lowest BCUT2D eigenvalue weighted by Crippen LogP contribution is -2.29. The number of rotatable bonds is 4. The first-order chi connectivity index (χ1) is 12.8. The normalized spacial score (nSPS) is 17.1. The molecule has 5 heteroatoms. The van der Waals surface area contributed by atoms with Crippen molar-refractivity contribution in [3.05, 3.63) is 78.2 Å². The van der Waals surface area contributed by atoms with Crippen molar-refractivity contribution in [1.29, 1.82) is 0 Å². The summed E-state index contributed by atoms with van der Waals surface area (Å²) in [5.41, 5.74) is 1.88. The van der Waals surface area contributed by atoms with Crippen molar-refractivity contribution in [3.63, 3.8) is 0 Å². The lowest BCUT2D eigenvalue weighted by atomic mass is 10.2. The van der Waals surface area contributed by atoms with E-state index in [0.717, 1.165) is 24.0 Å². The molecular weight excluding hydrogens is 326 g/mol. The fourth-order valence-electron chi connectivity index (χ4n) is 3.18. The van der Waals surface area contributed by atoms with Crippen LogP contribution in [-0.4, -0.2) is 27.5 Å². The van der Waals surface area contributed by atoms with E-state index in [1.165, 1.54) is 0 Å². The largest absolute Gasteiger partial charge is 0.418 e. The predicted molar refractivity (Wildman–Crippen MR) is 98.9 cm³/mol. The molecule has 1 aromatic heterocycles. The number of hydrogen-bond acceptors (Lipinski definition) is 4. The average molecular weight is 345 g/mol. The second-order valence-electron chi connectivity index (χ2n) is 6.25. The molecule has 0 N–H and O–H groups in total. The van der Waals surface area contributed by atoms with E-state index in [2.05, 4.69) is 10.2 Å². The predicted octanol–water partition coefficient (Wildman–Crippen LogP) is 4.11. The number of nitrogens with zero attached hydrogens (tertiary/aromatic N) is 3. The Kier molecular flexibility index (Phi) is 4.60. The standard InChI is InChI=1S/C21H19N3O2/c25-19(14-13-16-8-3-1-4-9-16)24-15-7-12-18(24)21-23-22-20(26-21)17-10-5-2-6-11-17/h1-6,8-11,13-14,18H,7,12,15H2/b14-13+. The molecule has 2 heterocycles. The molecule has 1 fully saturated rings. The zero-order chi connectivity index (χ0) is 17.8. The van der Waals surface area contributed by atoms with E-state index in [4.69, 9.17) is 4.42 Å². The van der Waals surface area contributed by atoms with Crippen LogP contribution in [0.2, 0.25) is 0 Å². The molecule has 3 aromatic rings. The van der Waals surface area contributed by atoms with Crippen LogP contribution >= 0.6 is 0 Å². The molecule has 1 atom stereocenters. The van der Waals surface area contributed by atoms with Gasteiger partial charge in [0.1, 0.15) is 6.04 Å². The topological polar surface area (TPSA) is 59.2 Å². The van der Waals surface area contributed by atoms with Crippen LogP contribution in [0.25, 0.3) is 17.5 Å². The molecule has 0 spiro atoms. The van der Waals surface area contributed by atoms with Gasteiger partial charge in [-0.15, -0.1) is 10.2 Å². The van der Waals surface area contributed by atoms with Crippen LogP contribution in [0.5, 0.6) is 0 Å². The summed E-state index contributed by atoms with van der Waals surface area (Å²) in [7, 11) is 0. The molecular formula is C21H19N3O2. The van der Waals surface area contributed by atoms with Gasteiger partial charge in [0, 0.05) is 18.2 Å². The molecule has 1 saturated heterocycles. The Bertz CT molecular complexity index is 903. The Morgan fingerprint density at radius 2 is 1.77 bits per heavy atom. The maximum absolute atomic E-state index is 12.6. The van der Waals surface area contributed by atoms with Gasteiger partial charge in [0.05, 0.1) is 0 Å². The highest BCUT2D eigenvalue weighted by Gasteiger charge is 2.33. The summed E-state index contributed by atoms with van der Waals surface area (Å²) in [5, 5.41) is 8.34. The number of likely N-dealkylation sites (tertiary alicyclic amines) is 1.